The van der Waals surface area contributed by atoms with Gasteiger partial charge >= 0.3 is 12.2 Å². The number of carbonyl (C=O) groups excluding carboxylic acids is 1. The van der Waals surface area contributed by atoms with E-state index in [9.17, 15) is 18.0 Å². The van der Waals surface area contributed by atoms with Crippen LogP contribution in [0, 0.1) is 0 Å². The van der Waals surface area contributed by atoms with Gasteiger partial charge in [-0.25, -0.2) is 4.79 Å². The van der Waals surface area contributed by atoms with Gasteiger partial charge < -0.3 is 10.6 Å². The minimum Gasteiger partial charge on any atom is -0.332 e. The van der Waals surface area contributed by atoms with E-state index >= 15 is 0 Å². The number of anilines is 1. The number of hydrogen-bond acceptors (Lipinski definition) is 2. The summed E-state index contributed by atoms with van der Waals surface area (Å²) in [6.45, 7) is -0.115. The summed E-state index contributed by atoms with van der Waals surface area (Å²) in [5, 5.41) is 5.34. The van der Waals surface area contributed by atoms with E-state index in [4.69, 9.17) is 23.2 Å². The highest BCUT2D eigenvalue weighted by molar-refractivity contribution is 6.31. The summed E-state index contributed by atoms with van der Waals surface area (Å²) >= 11 is 11.5. The summed E-state index contributed by atoms with van der Waals surface area (Å²) in [6, 6.07) is 6.63. The Morgan fingerprint density at radius 3 is 2.39 bits per heavy atom. The van der Waals surface area contributed by atoms with Crippen LogP contribution in [0.15, 0.2) is 36.5 Å². The number of benzene rings is 1. The zero-order chi connectivity index (χ0) is 17.0. The molecule has 0 aliphatic carbocycles. The van der Waals surface area contributed by atoms with Crippen LogP contribution in [0.4, 0.5) is 23.7 Å². The summed E-state index contributed by atoms with van der Waals surface area (Å²) < 4.78 is 37.5. The lowest BCUT2D eigenvalue weighted by Crippen LogP contribution is -2.28. The number of carbonyl (C=O) groups is 1. The number of amides is 2. The van der Waals surface area contributed by atoms with Crippen molar-refractivity contribution in [3.63, 3.8) is 0 Å². The van der Waals surface area contributed by atoms with Crippen molar-refractivity contribution in [3.05, 3.63) is 57.8 Å². The molecule has 1 heterocycles. The molecule has 0 radical (unpaired) electrons. The standard InChI is InChI=1S/C14H10Cl2F3N3O/c15-9-1-3-10(4-2-9)22-13(23)21-7-12-11(16)5-8(6-20-12)14(17,18)19/h1-6H,7H2,(H2,21,22,23). The quantitative estimate of drug-likeness (QED) is 0.828. The average Bonchev–Trinajstić information content (AvgIpc) is 2.47. The first-order valence-corrected chi connectivity index (χ1v) is 7.03. The maximum Gasteiger partial charge on any atom is 0.417 e. The number of alkyl halides is 3. The SMILES string of the molecule is O=C(NCc1ncc(C(F)(F)F)cc1Cl)Nc1ccc(Cl)cc1. The maximum absolute atomic E-state index is 12.5. The fraction of sp³-hybridized carbons (Fsp3) is 0.143. The highest BCUT2D eigenvalue weighted by atomic mass is 35.5. The van der Waals surface area contributed by atoms with E-state index < -0.39 is 17.8 Å². The second-order valence-electron chi connectivity index (χ2n) is 4.46. The van der Waals surface area contributed by atoms with Crippen molar-refractivity contribution in [1.29, 1.82) is 0 Å². The van der Waals surface area contributed by atoms with Gasteiger partial charge in [0.1, 0.15) is 0 Å². The molecular weight excluding hydrogens is 354 g/mol. The van der Waals surface area contributed by atoms with Gasteiger partial charge in [-0.15, -0.1) is 0 Å². The molecule has 1 aromatic carbocycles. The van der Waals surface area contributed by atoms with Gasteiger partial charge in [0.15, 0.2) is 0 Å². The van der Waals surface area contributed by atoms with Crippen LogP contribution in [0.3, 0.4) is 0 Å². The molecular formula is C14H10Cl2F3N3O. The van der Waals surface area contributed by atoms with Crippen LogP contribution >= 0.6 is 23.2 Å². The Balaban J connectivity index is 1.95. The van der Waals surface area contributed by atoms with Crippen LogP contribution in [-0.4, -0.2) is 11.0 Å². The Labute approximate surface area is 139 Å². The summed E-state index contributed by atoms with van der Waals surface area (Å²) in [6.07, 6.45) is -3.85. The summed E-state index contributed by atoms with van der Waals surface area (Å²) in [7, 11) is 0. The van der Waals surface area contributed by atoms with E-state index in [0.717, 1.165) is 6.07 Å². The molecule has 0 unspecified atom stereocenters. The van der Waals surface area contributed by atoms with Crippen molar-refractivity contribution in [2.45, 2.75) is 12.7 Å². The van der Waals surface area contributed by atoms with Gasteiger partial charge in [-0.05, 0) is 30.3 Å². The number of aromatic nitrogens is 1. The monoisotopic (exact) mass is 363 g/mol. The van der Waals surface area contributed by atoms with Crippen LogP contribution < -0.4 is 10.6 Å². The lowest BCUT2D eigenvalue weighted by atomic mass is 10.2. The molecule has 0 aliphatic rings. The first kappa shape index (κ1) is 17.4. The van der Waals surface area contributed by atoms with E-state index in [1.54, 1.807) is 24.3 Å². The van der Waals surface area contributed by atoms with E-state index in [1.165, 1.54) is 0 Å². The first-order valence-electron chi connectivity index (χ1n) is 6.28. The number of hydrogen-bond donors (Lipinski definition) is 2. The molecule has 0 saturated carbocycles. The minimum atomic E-state index is -4.52. The van der Waals surface area contributed by atoms with Gasteiger partial charge in [-0.1, -0.05) is 23.2 Å². The molecule has 0 aliphatic heterocycles. The van der Waals surface area contributed by atoms with E-state index in [1.807, 2.05) is 0 Å². The third kappa shape index (κ3) is 5.01. The first-order chi connectivity index (χ1) is 10.8. The molecule has 2 N–H and O–H groups in total. The molecule has 9 heteroatoms. The van der Waals surface area contributed by atoms with Crippen LogP contribution in [0.25, 0.3) is 0 Å². The third-order valence-electron chi connectivity index (χ3n) is 2.76. The molecule has 1 aromatic heterocycles. The van der Waals surface area contributed by atoms with Crippen molar-refractivity contribution < 1.29 is 18.0 Å². The largest absolute Gasteiger partial charge is 0.417 e. The molecule has 0 bridgehead atoms. The molecule has 4 nitrogen and oxygen atoms in total. The molecule has 0 atom stereocenters. The van der Waals surface area contributed by atoms with Crippen LogP contribution in [0.2, 0.25) is 10.0 Å². The molecule has 23 heavy (non-hydrogen) atoms. The lowest BCUT2D eigenvalue weighted by Gasteiger charge is -2.10. The smallest absolute Gasteiger partial charge is 0.332 e. The molecule has 0 fully saturated rings. The van der Waals surface area contributed by atoms with Crippen LogP contribution in [0.1, 0.15) is 11.3 Å². The summed E-state index contributed by atoms with van der Waals surface area (Å²) in [5.74, 6) is 0. The van der Waals surface area contributed by atoms with Crippen molar-refractivity contribution in [1.82, 2.24) is 10.3 Å². The number of halogens is 5. The highest BCUT2D eigenvalue weighted by Gasteiger charge is 2.31. The lowest BCUT2D eigenvalue weighted by molar-refractivity contribution is -0.137. The van der Waals surface area contributed by atoms with Gasteiger partial charge in [0.25, 0.3) is 0 Å². The van der Waals surface area contributed by atoms with Gasteiger partial charge in [-0.3, -0.25) is 4.98 Å². The van der Waals surface area contributed by atoms with Crippen molar-refractivity contribution >= 4 is 34.9 Å². The van der Waals surface area contributed by atoms with Crippen molar-refractivity contribution in [2.24, 2.45) is 0 Å². The molecule has 0 spiro atoms. The van der Waals surface area contributed by atoms with Crippen LogP contribution in [0.5, 0.6) is 0 Å². The maximum atomic E-state index is 12.5. The average molecular weight is 364 g/mol. The van der Waals surface area contributed by atoms with Crippen molar-refractivity contribution in [2.75, 3.05) is 5.32 Å². The number of nitrogens with zero attached hydrogens (tertiary/aromatic N) is 1. The van der Waals surface area contributed by atoms with E-state index in [-0.39, 0.29) is 17.3 Å². The zero-order valence-electron chi connectivity index (χ0n) is 11.4. The normalized spacial score (nSPS) is 11.2. The summed E-state index contributed by atoms with van der Waals surface area (Å²) in [5.41, 5.74) is -0.304. The predicted molar refractivity (Wildman–Crippen MR) is 81.6 cm³/mol. The fourth-order valence-electron chi connectivity index (χ4n) is 1.62. The number of urea groups is 1. The Kier molecular flexibility index (Phi) is 5.33. The van der Waals surface area contributed by atoms with Gasteiger partial charge in [-0.2, -0.15) is 13.2 Å². The highest BCUT2D eigenvalue weighted by Crippen LogP contribution is 2.30. The summed E-state index contributed by atoms with van der Waals surface area (Å²) in [4.78, 5) is 15.3. The van der Waals surface area contributed by atoms with Gasteiger partial charge in [0, 0.05) is 16.9 Å². The molecule has 2 amide bonds. The second-order valence-corrected chi connectivity index (χ2v) is 5.31. The molecule has 0 saturated heterocycles. The topological polar surface area (TPSA) is 54.0 Å². The number of rotatable bonds is 3. The van der Waals surface area contributed by atoms with Crippen LogP contribution in [-0.2, 0) is 12.7 Å². The Bertz CT molecular complexity index is 705. The van der Waals surface area contributed by atoms with Gasteiger partial charge in [0.2, 0.25) is 0 Å². The third-order valence-corrected chi connectivity index (χ3v) is 3.34. The Hall–Kier alpha value is -1.99. The molecule has 122 valence electrons. The Morgan fingerprint density at radius 1 is 1.17 bits per heavy atom. The minimum absolute atomic E-state index is 0.115. The Morgan fingerprint density at radius 2 is 1.83 bits per heavy atom. The second kappa shape index (κ2) is 7.06. The van der Waals surface area contributed by atoms with Gasteiger partial charge in [0.05, 0.1) is 22.8 Å². The van der Waals surface area contributed by atoms with E-state index in [2.05, 4.69) is 15.6 Å². The number of nitrogens with one attached hydrogen (secondary N) is 2. The van der Waals surface area contributed by atoms with E-state index in [0.29, 0.717) is 16.9 Å². The van der Waals surface area contributed by atoms with Crippen molar-refractivity contribution in [3.8, 4) is 0 Å². The molecule has 2 aromatic rings. The predicted octanol–water partition coefficient (Wildman–Crippen LogP) is 4.73. The molecule has 2 rings (SSSR count). The zero-order valence-corrected chi connectivity index (χ0v) is 12.9. The number of pyridine rings is 1. The fourth-order valence-corrected chi connectivity index (χ4v) is 1.98.